The molecule has 0 amide bonds. The molecule has 110 valence electrons. The maximum absolute atomic E-state index is 11.8. The highest BCUT2D eigenvalue weighted by molar-refractivity contribution is 5.78. The van der Waals surface area contributed by atoms with Crippen LogP contribution in [0.15, 0.2) is 24.3 Å². The average Bonchev–Trinajstić information content (AvgIpc) is 2.70. The Morgan fingerprint density at radius 3 is 2.20 bits per heavy atom. The molecule has 0 aromatic heterocycles. The fraction of sp³-hybridized carbons (Fsp3) is 0.562. The van der Waals surface area contributed by atoms with E-state index in [2.05, 4.69) is 4.90 Å². The predicted octanol–water partition coefficient (Wildman–Crippen LogP) is 2.65. The minimum Gasteiger partial charge on any atom is -0.508 e. The van der Waals surface area contributed by atoms with Crippen LogP contribution in [0.3, 0.4) is 0 Å². The molecule has 1 saturated heterocycles. The predicted molar refractivity (Wildman–Crippen MR) is 77.9 cm³/mol. The first kappa shape index (κ1) is 14.9. The fourth-order valence-electron chi connectivity index (χ4n) is 2.90. The van der Waals surface area contributed by atoms with Crippen molar-refractivity contribution in [1.82, 2.24) is 4.90 Å². The van der Waals surface area contributed by atoms with Gasteiger partial charge in [0, 0.05) is 6.42 Å². The van der Waals surface area contributed by atoms with Crippen LogP contribution in [0, 0.1) is 0 Å². The van der Waals surface area contributed by atoms with Gasteiger partial charge in [0.1, 0.15) is 11.3 Å². The average molecular weight is 277 g/mol. The quantitative estimate of drug-likeness (QED) is 0.888. The summed E-state index contributed by atoms with van der Waals surface area (Å²) in [6.45, 7) is 3.51. The Hall–Kier alpha value is -1.55. The van der Waals surface area contributed by atoms with Gasteiger partial charge in [0.25, 0.3) is 0 Å². The largest absolute Gasteiger partial charge is 0.508 e. The van der Waals surface area contributed by atoms with Crippen LogP contribution in [0.5, 0.6) is 5.75 Å². The van der Waals surface area contributed by atoms with Gasteiger partial charge in [-0.3, -0.25) is 9.69 Å². The van der Waals surface area contributed by atoms with Gasteiger partial charge in [0.2, 0.25) is 0 Å². The van der Waals surface area contributed by atoms with Crippen LogP contribution in [-0.4, -0.2) is 39.7 Å². The smallest absolute Gasteiger partial charge is 0.324 e. The molecule has 1 aliphatic rings. The van der Waals surface area contributed by atoms with Crippen LogP contribution >= 0.6 is 0 Å². The number of aromatic hydroxyl groups is 1. The van der Waals surface area contributed by atoms with E-state index in [-0.39, 0.29) is 5.75 Å². The monoisotopic (exact) mass is 277 g/mol. The number of rotatable bonds is 4. The van der Waals surface area contributed by atoms with Gasteiger partial charge in [-0.15, -0.1) is 0 Å². The molecule has 0 bridgehead atoms. The van der Waals surface area contributed by atoms with Crippen molar-refractivity contribution in [3.8, 4) is 5.75 Å². The molecule has 4 nitrogen and oxygen atoms in total. The highest BCUT2D eigenvalue weighted by Gasteiger charge is 2.39. The second kappa shape index (κ2) is 6.27. The molecule has 1 unspecified atom stereocenters. The van der Waals surface area contributed by atoms with Crippen LogP contribution < -0.4 is 0 Å². The normalized spacial score (nSPS) is 20.1. The Bertz CT molecular complexity index is 449. The van der Waals surface area contributed by atoms with Crippen molar-refractivity contribution in [1.29, 1.82) is 0 Å². The Labute approximate surface area is 120 Å². The van der Waals surface area contributed by atoms with Crippen LogP contribution in [0.4, 0.5) is 0 Å². The first-order chi connectivity index (χ1) is 9.52. The van der Waals surface area contributed by atoms with Gasteiger partial charge in [0.05, 0.1) is 0 Å². The summed E-state index contributed by atoms with van der Waals surface area (Å²) in [7, 11) is 0. The lowest BCUT2D eigenvalue weighted by atomic mass is 9.90. The molecule has 0 spiro atoms. The second-order valence-electron chi connectivity index (χ2n) is 5.82. The van der Waals surface area contributed by atoms with E-state index in [9.17, 15) is 15.0 Å². The minimum absolute atomic E-state index is 0.209. The number of hydrogen-bond donors (Lipinski definition) is 2. The third kappa shape index (κ3) is 3.31. The summed E-state index contributed by atoms with van der Waals surface area (Å²) < 4.78 is 0. The van der Waals surface area contributed by atoms with Crippen molar-refractivity contribution in [2.45, 2.75) is 44.6 Å². The maximum Gasteiger partial charge on any atom is 0.324 e. The van der Waals surface area contributed by atoms with Gasteiger partial charge < -0.3 is 10.2 Å². The number of likely N-dealkylation sites (tertiary alicyclic amines) is 1. The molecule has 1 aliphatic heterocycles. The Kier molecular flexibility index (Phi) is 4.65. The zero-order valence-corrected chi connectivity index (χ0v) is 12.0. The van der Waals surface area contributed by atoms with Gasteiger partial charge in [-0.1, -0.05) is 25.0 Å². The van der Waals surface area contributed by atoms with E-state index >= 15 is 0 Å². The Morgan fingerprint density at radius 2 is 1.70 bits per heavy atom. The van der Waals surface area contributed by atoms with E-state index in [1.54, 1.807) is 24.3 Å². The number of carboxylic acid groups (broad SMARTS) is 1. The summed E-state index contributed by atoms with van der Waals surface area (Å²) in [5, 5.41) is 19.0. The molecule has 1 fully saturated rings. The maximum atomic E-state index is 11.8. The third-order valence-electron chi connectivity index (χ3n) is 4.25. The lowest BCUT2D eigenvalue weighted by Crippen LogP contribution is -2.54. The molecule has 1 heterocycles. The van der Waals surface area contributed by atoms with Gasteiger partial charge in [-0.2, -0.15) is 0 Å². The molecule has 1 aromatic rings. The van der Waals surface area contributed by atoms with Crippen molar-refractivity contribution in [3.05, 3.63) is 29.8 Å². The number of hydrogen-bond acceptors (Lipinski definition) is 3. The topological polar surface area (TPSA) is 60.8 Å². The van der Waals surface area contributed by atoms with Gasteiger partial charge >= 0.3 is 5.97 Å². The molecular formula is C16H23NO3. The lowest BCUT2D eigenvalue weighted by Gasteiger charge is -2.37. The van der Waals surface area contributed by atoms with Crippen LogP contribution in [0.1, 0.15) is 38.2 Å². The molecule has 0 saturated carbocycles. The van der Waals surface area contributed by atoms with Crippen molar-refractivity contribution < 1.29 is 15.0 Å². The SMILES string of the molecule is CC(Cc1ccc(O)cc1)(C(=O)O)N1CCCCCC1. The van der Waals surface area contributed by atoms with Gasteiger partial charge in [-0.05, 0) is 50.6 Å². The molecular weight excluding hydrogens is 254 g/mol. The van der Waals surface area contributed by atoms with E-state index in [0.717, 1.165) is 31.5 Å². The number of aliphatic carboxylic acids is 1. The molecule has 2 N–H and O–H groups in total. The van der Waals surface area contributed by atoms with E-state index in [1.165, 1.54) is 12.8 Å². The van der Waals surface area contributed by atoms with E-state index in [1.807, 2.05) is 6.92 Å². The highest BCUT2D eigenvalue weighted by Crippen LogP contribution is 2.26. The number of benzene rings is 1. The van der Waals surface area contributed by atoms with Gasteiger partial charge in [0.15, 0.2) is 0 Å². The number of nitrogens with zero attached hydrogens (tertiary/aromatic N) is 1. The van der Waals surface area contributed by atoms with E-state index in [0.29, 0.717) is 6.42 Å². The summed E-state index contributed by atoms with van der Waals surface area (Å²) in [6, 6.07) is 6.82. The summed E-state index contributed by atoms with van der Waals surface area (Å²) in [5.41, 5.74) is 0.0679. The minimum atomic E-state index is -0.874. The van der Waals surface area contributed by atoms with Crippen molar-refractivity contribution in [2.24, 2.45) is 0 Å². The summed E-state index contributed by atoms with van der Waals surface area (Å²) in [6.07, 6.45) is 4.97. The molecule has 2 rings (SSSR count). The van der Waals surface area contributed by atoms with Crippen molar-refractivity contribution in [3.63, 3.8) is 0 Å². The summed E-state index contributed by atoms with van der Waals surface area (Å²) in [5.74, 6) is -0.562. The first-order valence-corrected chi connectivity index (χ1v) is 7.29. The first-order valence-electron chi connectivity index (χ1n) is 7.29. The standard InChI is InChI=1S/C16H23NO3/c1-16(15(19)20,17-10-4-2-3-5-11-17)12-13-6-8-14(18)9-7-13/h6-9,18H,2-5,10-12H2,1H3,(H,19,20). The van der Waals surface area contributed by atoms with E-state index in [4.69, 9.17) is 0 Å². The number of phenols is 1. The van der Waals surface area contributed by atoms with Crippen molar-refractivity contribution >= 4 is 5.97 Å². The van der Waals surface area contributed by atoms with E-state index < -0.39 is 11.5 Å². The lowest BCUT2D eigenvalue weighted by molar-refractivity contribution is -0.150. The molecule has 0 radical (unpaired) electrons. The number of phenolic OH excluding ortho intramolecular Hbond substituents is 1. The summed E-state index contributed by atoms with van der Waals surface area (Å²) >= 11 is 0. The molecule has 0 aliphatic carbocycles. The molecule has 1 atom stereocenters. The Morgan fingerprint density at radius 1 is 1.15 bits per heavy atom. The van der Waals surface area contributed by atoms with Crippen LogP contribution in [0.2, 0.25) is 0 Å². The number of carbonyl (C=O) groups is 1. The molecule has 1 aromatic carbocycles. The summed E-state index contributed by atoms with van der Waals surface area (Å²) in [4.78, 5) is 13.9. The number of carboxylic acids is 1. The molecule has 20 heavy (non-hydrogen) atoms. The third-order valence-corrected chi connectivity index (χ3v) is 4.25. The van der Waals surface area contributed by atoms with Crippen molar-refractivity contribution in [2.75, 3.05) is 13.1 Å². The fourth-order valence-corrected chi connectivity index (χ4v) is 2.90. The van der Waals surface area contributed by atoms with Crippen LogP contribution in [0.25, 0.3) is 0 Å². The second-order valence-corrected chi connectivity index (χ2v) is 5.82. The zero-order chi connectivity index (χ0) is 14.6. The van der Waals surface area contributed by atoms with Gasteiger partial charge in [-0.25, -0.2) is 0 Å². The Balaban J connectivity index is 2.19. The zero-order valence-electron chi connectivity index (χ0n) is 12.0. The highest BCUT2D eigenvalue weighted by atomic mass is 16.4. The van der Waals surface area contributed by atoms with Crippen LogP contribution in [-0.2, 0) is 11.2 Å². The molecule has 4 heteroatoms.